The Balaban J connectivity index is 2.38. The van der Waals surface area contributed by atoms with Crippen molar-refractivity contribution >= 4 is 11.7 Å². The molecule has 5 heteroatoms. The van der Waals surface area contributed by atoms with Gasteiger partial charge in [0.05, 0.1) is 4.92 Å². The number of hydrogen-bond donors (Lipinski definition) is 0. The Morgan fingerprint density at radius 2 is 1.86 bits per heavy atom. The van der Waals surface area contributed by atoms with Gasteiger partial charge in [0.15, 0.2) is 0 Å². The van der Waals surface area contributed by atoms with Crippen LogP contribution in [0.5, 0.6) is 5.75 Å². The fraction of sp³-hybridized carbons (Fsp3) is 0.235. The van der Waals surface area contributed by atoms with E-state index in [1.165, 1.54) is 18.2 Å². The molecule has 114 valence electrons. The van der Waals surface area contributed by atoms with E-state index in [9.17, 15) is 14.9 Å². The molecule has 0 saturated heterocycles. The average Bonchev–Trinajstić information content (AvgIpc) is 2.46. The molecule has 0 amide bonds. The lowest BCUT2D eigenvalue weighted by Crippen LogP contribution is -2.12. The average molecular weight is 299 g/mol. The molecule has 0 bridgehead atoms. The summed E-state index contributed by atoms with van der Waals surface area (Å²) in [5, 5.41) is 11.0. The molecule has 0 aliphatic carbocycles. The van der Waals surface area contributed by atoms with E-state index in [1.807, 2.05) is 32.9 Å². The fourth-order valence-electron chi connectivity index (χ4n) is 2.17. The van der Waals surface area contributed by atoms with Crippen LogP contribution in [0.15, 0.2) is 42.5 Å². The van der Waals surface area contributed by atoms with E-state index in [1.54, 1.807) is 12.1 Å². The van der Waals surface area contributed by atoms with Crippen LogP contribution in [0.1, 0.15) is 41.3 Å². The van der Waals surface area contributed by atoms with Crippen molar-refractivity contribution in [2.24, 2.45) is 0 Å². The third-order valence-electron chi connectivity index (χ3n) is 3.31. The molecule has 2 rings (SSSR count). The van der Waals surface area contributed by atoms with Gasteiger partial charge in [0.1, 0.15) is 11.3 Å². The maximum atomic E-state index is 12.3. The third-order valence-corrected chi connectivity index (χ3v) is 3.31. The van der Waals surface area contributed by atoms with E-state index in [-0.39, 0.29) is 17.2 Å². The fourth-order valence-corrected chi connectivity index (χ4v) is 2.17. The van der Waals surface area contributed by atoms with Gasteiger partial charge >= 0.3 is 5.97 Å². The summed E-state index contributed by atoms with van der Waals surface area (Å²) in [6.07, 6.45) is 0. The summed E-state index contributed by atoms with van der Waals surface area (Å²) in [5.74, 6) is -0.105. The lowest BCUT2D eigenvalue weighted by atomic mass is 10.0. The van der Waals surface area contributed by atoms with E-state index in [4.69, 9.17) is 4.74 Å². The summed E-state index contributed by atoms with van der Waals surface area (Å²) < 4.78 is 5.42. The Labute approximate surface area is 128 Å². The van der Waals surface area contributed by atoms with Crippen LogP contribution in [0.2, 0.25) is 0 Å². The highest BCUT2D eigenvalue weighted by Crippen LogP contribution is 2.29. The number of rotatable bonds is 4. The molecule has 0 saturated carbocycles. The maximum absolute atomic E-state index is 12.3. The molecule has 0 N–H and O–H groups in total. The second kappa shape index (κ2) is 6.39. The van der Waals surface area contributed by atoms with Crippen molar-refractivity contribution < 1.29 is 14.5 Å². The first kappa shape index (κ1) is 15.7. The van der Waals surface area contributed by atoms with Crippen molar-refractivity contribution in [2.45, 2.75) is 26.7 Å². The van der Waals surface area contributed by atoms with E-state index < -0.39 is 10.9 Å². The molecule has 0 spiro atoms. The smallest absolute Gasteiger partial charge is 0.350 e. The highest BCUT2D eigenvalue weighted by Gasteiger charge is 2.22. The van der Waals surface area contributed by atoms with Crippen LogP contribution in [-0.2, 0) is 0 Å². The molecule has 22 heavy (non-hydrogen) atoms. The zero-order valence-electron chi connectivity index (χ0n) is 12.7. The quantitative estimate of drug-likeness (QED) is 0.366. The summed E-state index contributed by atoms with van der Waals surface area (Å²) in [7, 11) is 0. The predicted octanol–water partition coefficient (Wildman–Crippen LogP) is 4.25. The minimum Gasteiger partial charge on any atom is -0.422 e. The molecular weight excluding hydrogens is 282 g/mol. The second-order valence-corrected chi connectivity index (χ2v) is 5.36. The van der Waals surface area contributed by atoms with Gasteiger partial charge in [-0.25, -0.2) is 4.79 Å². The number of benzene rings is 2. The second-order valence-electron chi connectivity index (χ2n) is 5.36. The number of carbonyl (C=O) groups excluding carboxylic acids is 1. The predicted molar refractivity (Wildman–Crippen MR) is 83.3 cm³/mol. The van der Waals surface area contributed by atoms with Crippen LogP contribution >= 0.6 is 0 Å². The molecule has 0 aliphatic heterocycles. The molecule has 0 aromatic heterocycles. The molecule has 0 aliphatic rings. The number of carbonyl (C=O) groups is 1. The van der Waals surface area contributed by atoms with Crippen molar-refractivity contribution in [1.29, 1.82) is 0 Å². The van der Waals surface area contributed by atoms with Crippen LogP contribution in [0.4, 0.5) is 5.69 Å². The van der Waals surface area contributed by atoms with E-state index in [0.717, 1.165) is 11.1 Å². The Morgan fingerprint density at radius 1 is 1.18 bits per heavy atom. The zero-order valence-corrected chi connectivity index (χ0v) is 12.7. The van der Waals surface area contributed by atoms with Crippen LogP contribution in [0.25, 0.3) is 0 Å². The van der Waals surface area contributed by atoms with Gasteiger partial charge in [-0.3, -0.25) is 10.1 Å². The SMILES string of the molecule is Cc1ccc(C(C)C)c(OC(=O)c2ccccc2[N+](=O)[O-])c1. The minimum atomic E-state index is -0.722. The lowest BCUT2D eigenvalue weighted by molar-refractivity contribution is -0.385. The summed E-state index contributed by atoms with van der Waals surface area (Å²) in [5.41, 5.74) is 1.53. The van der Waals surface area contributed by atoms with Gasteiger partial charge in [-0.15, -0.1) is 0 Å². The van der Waals surface area contributed by atoms with Crippen LogP contribution in [-0.4, -0.2) is 10.9 Å². The molecule has 2 aromatic rings. The molecule has 2 aromatic carbocycles. The van der Waals surface area contributed by atoms with Crippen molar-refractivity contribution in [3.05, 3.63) is 69.3 Å². The number of para-hydroxylation sites is 1. The first-order chi connectivity index (χ1) is 10.4. The van der Waals surface area contributed by atoms with Crippen LogP contribution in [0.3, 0.4) is 0 Å². The third kappa shape index (κ3) is 3.31. The minimum absolute atomic E-state index is 0.0521. The molecule has 0 unspecified atom stereocenters. The van der Waals surface area contributed by atoms with Gasteiger partial charge < -0.3 is 4.74 Å². The van der Waals surface area contributed by atoms with Crippen molar-refractivity contribution in [3.8, 4) is 5.75 Å². The van der Waals surface area contributed by atoms with Gasteiger partial charge in [0.2, 0.25) is 0 Å². The number of nitrogens with zero attached hydrogens (tertiary/aromatic N) is 1. The summed E-state index contributed by atoms with van der Waals surface area (Å²) in [4.78, 5) is 22.7. The van der Waals surface area contributed by atoms with Gasteiger partial charge in [-0.05, 0) is 36.1 Å². The number of nitro groups is 1. The van der Waals surface area contributed by atoms with E-state index in [0.29, 0.717) is 5.75 Å². The van der Waals surface area contributed by atoms with E-state index >= 15 is 0 Å². The number of nitro benzene ring substituents is 1. The molecule has 0 fully saturated rings. The number of aryl methyl sites for hydroxylation is 1. The van der Waals surface area contributed by atoms with Gasteiger partial charge in [0, 0.05) is 6.07 Å². The monoisotopic (exact) mass is 299 g/mol. The van der Waals surface area contributed by atoms with Crippen LogP contribution in [0, 0.1) is 17.0 Å². The zero-order chi connectivity index (χ0) is 16.3. The molecule has 0 radical (unpaired) electrons. The lowest BCUT2D eigenvalue weighted by Gasteiger charge is -2.13. The Hall–Kier alpha value is -2.69. The normalized spacial score (nSPS) is 10.5. The summed E-state index contributed by atoms with van der Waals surface area (Å²) in [6, 6.07) is 11.4. The van der Waals surface area contributed by atoms with Crippen molar-refractivity contribution in [1.82, 2.24) is 0 Å². The molecule has 5 nitrogen and oxygen atoms in total. The van der Waals surface area contributed by atoms with Gasteiger partial charge in [-0.2, -0.15) is 0 Å². The molecular formula is C17H17NO4. The maximum Gasteiger partial charge on any atom is 0.350 e. The Morgan fingerprint density at radius 3 is 2.50 bits per heavy atom. The number of hydrogen-bond acceptors (Lipinski definition) is 4. The first-order valence-electron chi connectivity index (χ1n) is 6.96. The standard InChI is InChI=1S/C17H17NO4/c1-11(2)13-9-8-12(3)10-16(13)22-17(19)14-6-4-5-7-15(14)18(20)21/h4-11H,1-3H3. The molecule has 0 heterocycles. The number of ether oxygens (including phenoxy) is 1. The Bertz CT molecular complexity index is 722. The Kier molecular flexibility index (Phi) is 4.56. The van der Waals surface area contributed by atoms with Crippen molar-refractivity contribution in [2.75, 3.05) is 0 Å². The summed E-state index contributed by atoms with van der Waals surface area (Å²) in [6.45, 7) is 5.88. The van der Waals surface area contributed by atoms with Crippen LogP contribution < -0.4 is 4.74 Å². The van der Waals surface area contributed by atoms with Gasteiger partial charge in [0.25, 0.3) is 5.69 Å². The summed E-state index contributed by atoms with van der Waals surface area (Å²) >= 11 is 0. The van der Waals surface area contributed by atoms with Gasteiger partial charge in [-0.1, -0.05) is 38.1 Å². The van der Waals surface area contributed by atoms with E-state index in [2.05, 4.69) is 0 Å². The molecule has 0 atom stereocenters. The first-order valence-corrected chi connectivity index (χ1v) is 6.96. The highest BCUT2D eigenvalue weighted by atomic mass is 16.6. The highest BCUT2D eigenvalue weighted by molar-refractivity contribution is 5.95. The van der Waals surface area contributed by atoms with Crippen molar-refractivity contribution in [3.63, 3.8) is 0 Å². The largest absolute Gasteiger partial charge is 0.422 e. The number of esters is 1. The topological polar surface area (TPSA) is 69.4 Å².